The Hall–Kier alpha value is -1.30. The molecule has 0 atom stereocenters. The van der Waals surface area contributed by atoms with E-state index in [2.05, 4.69) is 24.3 Å². The van der Waals surface area contributed by atoms with Crippen LogP contribution in [0.1, 0.15) is 5.56 Å². The highest BCUT2D eigenvalue weighted by Gasteiger charge is 1.90. The minimum absolute atomic E-state index is 1.07. The topological polar surface area (TPSA) is 0 Å². The number of hydrogen-bond acceptors (Lipinski definition) is 0. The molecule has 0 aliphatic heterocycles. The molecule has 0 N–H and O–H groups in total. The van der Waals surface area contributed by atoms with E-state index in [0.29, 0.717) is 0 Å². The van der Waals surface area contributed by atoms with Crippen LogP contribution in [0.15, 0.2) is 30.3 Å². The van der Waals surface area contributed by atoms with Gasteiger partial charge in [0.2, 0.25) is 0 Å². The van der Waals surface area contributed by atoms with Crippen molar-refractivity contribution in [1.29, 1.82) is 0 Å². The Bertz CT molecular complexity index is 374. The van der Waals surface area contributed by atoms with Gasteiger partial charge in [-0.2, -0.15) is 0 Å². The zero-order valence-corrected chi connectivity index (χ0v) is 6.39. The van der Waals surface area contributed by atoms with Crippen molar-refractivity contribution in [2.24, 2.45) is 0 Å². The van der Waals surface area contributed by atoms with Gasteiger partial charge in [-0.05, 0) is 41.5 Å². The highest BCUT2D eigenvalue weighted by atomic mass is 13.9. The second kappa shape index (κ2) is 2.39. The first-order valence-corrected chi connectivity index (χ1v) is 3.65. The molecule has 0 bridgehead atoms. The van der Waals surface area contributed by atoms with Crippen molar-refractivity contribution in [3.05, 3.63) is 48.0 Å². The van der Waals surface area contributed by atoms with Crippen LogP contribution in [0.2, 0.25) is 0 Å². The molecule has 0 nitrogen and oxygen atoms in total. The number of hydrogen-bond donors (Lipinski definition) is 0. The Morgan fingerprint density at radius 1 is 1.18 bits per heavy atom. The molecule has 2 radical (unpaired) electrons. The van der Waals surface area contributed by atoms with Crippen LogP contribution in [0.25, 0.3) is 10.8 Å². The molecule has 2 aromatic carbocycles. The molecule has 52 valence electrons. The van der Waals surface area contributed by atoms with Crippen molar-refractivity contribution in [3.63, 3.8) is 0 Å². The Morgan fingerprint density at radius 3 is 2.91 bits per heavy atom. The first kappa shape index (κ1) is 6.41. The minimum atomic E-state index is 1.07. The maximum absolute atomic E-state index is 3.23. The second-order valence-corrected chi connectivity index (χ2v) is 2.63. The van der Waals surface area contributed by atoms with E-state index in [4.69, 9.17) is 0 Å². The summed E-state index contributed by atoms with van der Waals surface area (Å²) in [5.41, 5.74) is 1.07. The molecule has 0 saturated heterocycles. The van der Waals surface area contributed by atoms with Crippen LogP contribution in [0, 0.1) is 19.1 Å². The maximum atomic E-state index is 3.23. The zero-order valence-electron chi connectivity index (χ0n) is 6.39. The van der Waals surface area contributed by atoms with Gasteiger partial charge in [0.25, 0.3) is 0 Å². The molecule has 0 saturated carbocycles. The average molecular weight is 140 g/mol. The molecule has 0 aliphatic rings. The summed E-state index contributed by atoms with van der Waals surface area (Å²) in [5.74, 6) is 0. The van der Waals surface area contributed by atoms with Gasteiger partial charge in [0, 0.05) is 0 Å². The second-order valence-electron chi connectivity index (χ2n) is 2.63. The standard InChI is InChI=1S/C11H8/c1-9-6-7-10-4-2-3-5-11(10)8-9/h2-5,7H,1H3. The normalized spacial score (nSPS) is 10.3. The third-order valence-electron chi connectivity index (χ3n) is 1.73. The van der Waals surface area contributed by atoms with Gasteiger partial charge in [0.05, 0.1) is 0 Å². The van der Waals surface area contributed by atoms with Gasteiger partial charge >= 0.3 is 0 Å². The number of aryl methyl sites for hydroxylation is 1. The number of benzene rings is 2. The lowest BCUT2D eigenvalue weighted by atomic mass is 10.1. The van der Waals surface area contributed by atoms with Crippen LogP contribution >= 0.6 is 0 Å². The van der Waals surface area contributed by atoms with E-state index in [1.165, 1.54) is 10.8 Å². The smallest absolute Gasteiger partial charge is 0.00608 e. The highest BCUT2D eigenvalue weighted by molar-refractivity contribution is 5.82. The lowest BCUT2D eigenvalue weighted by Crippen LogP contribution is -1.74. The van der Waals surface area contributed by atoms with Crippen molar-refractivity contribution >= 4 is 10.8 Å². The molecule has 11 heavy (non-hydrogen) atoms. The number of fused-ring (bicyclic) bond motifs is 1. The Balaban J connectivity index is 2.83. The summed E-state index contributed by atoms with van der Waals surface area (Å²) in [6.45, 7) is 2.01. The van der Waals surface area contributed by atoms with Crippen LogP contribution < -0.4 is 0 Å². The molecular weight excluding hydrogens is 132 g/mol. The SMILES string of the molecule is Cc1[c]cc2ccccc2[c]1. The molecular formula is C11H8. The van der Waals surface area contributed by atoms with Crippen LogP contribution in [-0.2, 0) is 0 Å². The van der Waals surface area contributed by atoms with E-state index >= 15 is 0 Å². The molecule has 0 amide bonds. The zero-order chi connectivity index (χ0) is 7.68. The lowest BCUT2D eigenvalue weighted by molar-refractivity contribution is 1.48. The van der Waals surface area contributed by atoms with E-state index in [-0.39, 0.29) is 0 Å². The average Bonchev–Trinajstić information content (AvgIpc) is 2.04. The first-order valence-electron chi connectivity index (χ1n) is 3.65. The molecule has 0 fully saturated rings. The summed E-state index contributed by atoms with van der Waals surface area (Å²) in [5, 5.41) is 2.38. The summed E-state index contributed by atoms with van der Waals surface area (Å²) < 4.78 is 0. The van der Waals surface area contributed by atoms with Gasteiger partial charge < -0.3 is 0 Å². The molecule has 0 spiro atoms. The van der Waals surface area contributed by atoms with E-state index in [0.717, 1.165) is 5.56 Å². The van der Waals surface area contributed by atoms with Gasteiger partial charge in [0.15, 0.2) is 0 Å². The van der Waals surface area contributed by atoms with Crippen molar-refractivity contribution in [1.82, 2.24) is 0 Å². The van der Waals surface area contributed by atoms with Crippen molar-refractivity contribution in [3.8, 4) is 0 Å². The van der Waals surface area contributed by atoms with Gasteiger partial charge in [-0.3, -0.25) is 0 Å². The molecule has 2 rings (SSSR count). The molecule has 0 unspecified atom stereocenters. The van der Waals surface area contributed by atoms with Crippen LogP contribution in [-0.4, -0.2) is 0 Å². The van der Waals surface area contributed by atoms with Crippen LogP contribution in [0.3, 0.4) is 0 Å². The fraction of sp³-hybridized carbons (Fsp3) is 0.0909. The van der Waals surface area contributed by atoms with E-state index in [1.807, 2.05) is 25.1 Å². The third kappa shape index (κ3) is 1.12. The van der Waals surface area contributed by atoms with E-state index in [1.54, 1.807) is 0 Å². The summed E-state index contributed by atoms with van der Waals surface area (Å²) in [6, 6.07) is 16.5. The molecule has 0 aromatic heterocycles. The van der Waals surface area contributed by atoms with Crippen molar-refractivity contribution in [2.45, 2.75) is 6.92 Å². The molecule has 0 aliphatic carbocycles. The first-order chi connectivity index (χ1) is 5.36. The van der Waals surface area contributed by atoms with Crippen LogP contribution in [0.4, 0.5) is 0 Å². The minimum Gasteiger partial charge on any atom is -0.0616 e. The summed E-state index contributed by atoms with van der Waals surface area (Å²) in [6.07, 6.45) is 0. The largest absolute Gasteiger partial charge is 0.0616 e. The highest BCUT2D eigenvalue weighted by Crippen LogP contribution is 2.13. The molecule has 2 aromatic rings. The van der Waals surface area contributed by atoms with Gasteiger partial charge in [-0.25, -0.2) is 0 Å². The van der Waals surface area contributed by atoms with Crippen molar-refractivity contribution in [2.75, 3.05) is 0 Å². The third-order valence-corrected chi connectivity index (χ3v) is 1.73. The fourth-order valence-electron chi connectivity index (χ4n) is 1.16. The molecule has 0 heterocycles. The Kier molecular flexibility index (Phi) is 1.39. The number of rotatable bonds is 0. The van der Waals surface area contributed by atoms with Crippen LogP contribution in [0.5, 0.6) is 0 Å². The van der Waals surface area contributed by atoms with Gasteiger partial charge in [-0.15, -0.1) is 0 Å². The van der Waals surface area contributed by atoms with E-state index in [9.17, 15) is 0 Å². The summed E-state index contributed by atoms with van der Waals surface area (Å²) in [4.78, 5) is 0. The Morgan fingerprint density at radius 2 is 2.00 bits per heavy atom. The predicted octanol–water partition coefficient (Wildman–Crippen LogP) is 2.75. The summed E-state index contributed by atoms with van der Waals surface area (Å²) in [7, 11) is 0. The quantitative estimate of drug-likeness (QED) is 0.527. The molecule has 0 heteroatoms. The van der Waals surface area contributed by atoms with E-state index < -0.39 is 0 Å². The van der Waals surface area contributed by atoms with Gasteiger partial charge in [-0.1, -0.05) is 24.3 Å². The predicted molar refractivity (Wildman–Crippen MR) is 46.4 cm³/mol. The maximum Gasteiger partial charge on any atom is -0.00608 e. The fourth-order valence-corrected chi connectivity index (χ4v) is 1.16. The lowest BCUT2D eigenvalue weighted by Gasteiger charge is -1.95. The monoisotopic (exact) mass is 140 g/mol. The van der Waals surface area contributed by atoms with Gasteiger partial charge in [0.1, 0.15) is 0 Å². The summed E-state index contributed by atoms with van der Waals surface area (Å²) >= 11 is 0. The van der Waals surface area contributed by atoms with Crippen molar-refractivity contribution < 1.29 is 0 Å². The Labute approximate surface area is 66.5 Å².